The molecule has 14 aromatic rings. The minimum absolute atomic E-state index is 0.849. The maximum absolute atomic E-state index is 6.20. The van der Waals surface area contributed by atoms with Crippen LogP contribution in [0.3, 0.4) is 0 Å². The highest BCUT2D eigenvalue weighted by Gasteiger charge is 2.22. The third-order valence-electron chi connectivity index (χ3n) is 13.7. The zero-order chi connectivity index (χ0) is 44.7. The molecule has 3 aromatic heterocycles. The Hall–Kier alpha value is -8.84. The Morgan fingerprint density at radius 2 is 0.971 bits per heavy atom. The monoisotopic (exact) mass is 886 g/mol. The fourth-order valence-corrected chi connectivity index (χ4v) is 11.0. The number of fused-ring (bicyclic) bond motifs is 11. The summed E-state index contributed by atoms with van der Waals surface area (Å²) in [6, 6.07) is 82.7. The topological polar surface area (TPSA) is 47.1 Å². The Kier molecular flexibility index (Phi) is 8.69. The molecule has 0 N–H and O–H groups in total. The van der Waals surface area contributed by atoms with Gasteiger partial charge in [-0.2, -0.15) is 8.75 Å². The van der Waals surface area contributed by atoms with Gasteiger partial charge in [0.05, 0.1) is 28.4 Å². The molecule has 0 aliphatic carbocycles. The third kappa shape index (κ3) is 6.08. The van der Waals surface area contributed by atoms with E-state index in [4.69, 9.17) is 13.2 Å². The Bertz CT molecular complexity index is 4170. The van der Waals surface area contributed by atoms with Gasteiger partial charge in [0.2, 0.25) is 0 Å². The van der Waals surface area contributed by atoms with Crippen LogP contribution in [0.5, 0.6) is 0 Å². The van der Waals surface area contributed by atoms with Crippen molar-refractivity contribution in [1.29, 1.82) is 0 Å². The molecule has 0 atom stereocenters. The van der Waals surface area contributed by atoms with E-state index in [1.54, 1.807) is 0 Å². The van der Waals surface area contributed by atoms with Crippen molar-refractivity contribution in [2.24, 2.45) is 0 Å². The number of aromatic nitrogens is 3. The summed E-state index contributed by atoms with van der Waals surface area (Å²) in [6.45, 7) is 0. The van der Waals surface area contributed by atoms with Crippen LogP contribution >= 0.6 is 11.7 Å². The van der Waals surface area contributed by atoms with Gasteiger partial charge in [0.1, 0.15) is 22.2 Å². The minimum Gasteiger partial charge on any atom is -0.456 e. The van der Waals surface area contributed by atoms with E-state index in [2.05, 4.69) is 228 Å². The van der Waals surface area contributed by atoms with E-state index in [0.717, 1.165) is 83.5 Å². The van der Waals surface area contributed by atoms with Crippen LogP contribution < -0.4 is 4.90 Å². The Morgan fingerprint density at radius 1 is 0.382 bits per heavy atom. The van der Waals surface area contributed by atoms with Crippen molar-refractivity contribution in [3.8, 4) is 39.1 Å². The predicted octanol–water partition coefficient (Wildman–Crippen LogP) is 17.5. The van der Waals surface area contributed by atoms with Crippen molar-refractivity contribution in [2.75, 3.05) is 4.90 Å². The third-order valence-corrected chi connectivity index (χ3v) is 14.2. The highest BCUT2D eigenvalue weighted by molar-refractivity contribution is 7.00. The van der Waals surface area contributed by atoms with E-state index in [0.29, 0.717) is 0 Å². The largest absolute Gasteiger partial charge is 0.456 e. The molecule has 5 nitrogen and oxygen atoms in total. The van der Waals surface area contributed by atoms with E-state index in [9.17, 15) is 0 Å². The number of para-hydroxylation sites is 1. The van der Waals surface area contributed by atoms with Gasteiger partial charge < -0.3 is 13.9 Å². The van der Waals surface area contributed by atoms with Gasteiger partial charge in [0.25, 0.3) is 0 Å². The number of furan rings is 1. The van der Waals surface area contributed by atoms with Gasteiger partial charge >= 0.3 is 0 Å². The SMILES string of the molecule is c1ccc(-c2ccc(N(c3cccc(-c4ccc5oc6ccccc6c5c4)c3)c3ccc(-c4ccc(-n5c6ccc7ccccc7c6c6c7ccccc7ccc65)cc4)c4nsnc34)cc2)cc1. The number of rotatable bonds is 7. The molecule has 3 heterocycles. The van der Waals surface area contributed by atoms with Gasteiger partial charge in [0, 0.05) is 44.2 Å². The zero-order valence-electron chi connectivity index (χ0n) is 36.5. The highest BCUT2D eigenvalue weighted by atomic mass is 32.1. The second-order valence-corrected chi connectivity index (χ2v) is 18.0. The number of nitrogens with zero attached hydrogens (tertiary/aromatic N) is 4. The quantitative estimate of drug-likeness (QED) is 0.160. The summed E-state index contributed by atoms with van der Waals surface area (Å²) >= 11 is 1.25. The second kappa shape index (κ2) is 15.4. The van der Waals surface area contributed by atoms with Crippen molar-refractivity contribution in [2.45, 2.75) is 0 Å². The highest BCUT2D eigenvalue weighted by Crippen LogP contribution is 2.45. The molecule has 68 heavy (non-hydrogen) atoms. The number of benzene rings is 11. The molecule has 318 valence electrons. The van der Waals surface area contributed by atoms with Crippen molar-refractivity contribution in [3.63, 3.8) is 0 Å². The van der Waals surface area contributed by atoms with Crippen LogP contribution in [0.25, 0.3) is 115 Å². The molecule has 0 aliphatic rings. The lowest BCUT2D eigenvalue weighted by Gasteiger charge is -2.26. The fraction of sp³-hybridized carbons (Fsp3) is 0. The number of anilines is 3. The van der Waals surface area contributed by atoms with E-state index >= 15 is 0 Å². The summed E-state index contributed by atoms with van der Waals surface area (Å²) < 4.78 is 18.6. The standard InChI is InChI=1S/C62H38N4OS/c1-2-11-39(12-3-1)40-21-28-46(29-22-40)65(48-16-10-15-44(37-48)45-27-36-58-53(38-45)52-19-8-9-20-57(52)67-58)56-35-32-51(61-62(56)64-68-63-61)43-23-30-47(31-24-43)66-54-33-25-41-13-4-6-17-49(41)59(54)60-50-18-7-5-14-42(50)26-34-55(60)66/h1-38H. The molecule has 6 heteroatoms. The van der Waals surface area contributed by atoms with Crippen LogP contribution in [0.1, 0.15) is 0 Å². The van der Waals surface area contributed by atoms with Crippen molar-refractivity contribution in [3.05, 3.63) is 231 Å². The van der Waals surface area contributed by atoms with E-state index in [1.165, 1.54) is 60.6 Å². The molecule has 11 aromatic carbocycles. The molecule has 0 bridgehead atoms. The molecule has 0 aliphatic heterocycles. The van der Waals surface area contributed by atoms with E-state index in [-0.39, 0.29) is 0 Å². The van der Waals surface area contributed by atoms with Gasteiger partial charge in [0.15, 0.2) is 0 Å². The summed E-state index contributed by atoms with van der Waals surface area (Å²) in [7, 11) is 0. The normalized spacial score (nSPS) is 11.8. The summed E-state index contributed by atoms with van der Waals surface area (Å²) in [6.07, 6.45) is 0. The molecule has 0 spiro atoms. The van der Waals surface area contributed by atoms with Gasteiger partial charge in [-0.25, -0.2) is 0 Å². The molecule has 0 saturated heterocycles. The first-order valence-electron chi connectivity index (χ1n) is 22.9. The first-order valence-corrected chi connectivity index (χ1v) is 23.6. The smallest absolute Gasteiger partial charge is 0.135 e. The second-order valence-electron chi connectivity index (χ2n) is 17.4. The molecule has 0 saturated carbocycles. The van der Waals surface area contributed by atoms with Crippen molar-refractivity contribution >= 4 is 105 Å². The number of hydrogen-bond donors (Lipinski definition) is 0. The lowest BCUT2D eigenvalue weighted by atomic mass is 10.00. The Labute approximate surface area is 395 Å². The summed E-state index contributed by atoms with van der Waals surface area (Å²) in [5, 5.41) is 9.78. The molecule has 0 amide bonds. The lowest BCUT2D eigenvalue weighted by Crippen LogP contribution is -2.11. The fourth-order valence-electron chi connectivity index (χ4n) is 10.5. The van der Waals surface area contributed by atoms with Crippen molar-refractivity contribution in [1.82, 2.24) is 13.3 Å². The summed E-state index contributed by atoms with van der Waals surface area (Å²) in [5.74, 6) is 0. The molecular formula is C62H38N4OS. The lowest BCUT2D eigenvalue weighted by molar-refractivity contribution is 0.669. The number of hydrogen-bond acceptors (Lipinski definition) is 5. The first-order chi connectivity index (χ1) is 33.7. The van der Waals surface area contributed by atoms with Crippen molar-refractivity contribution < 1.29 is 4.42 Å². The molecule has 0 fully saturated rings. The molecule has 0 radical (unpaired) electrons. The molecule has 14 rings (SSSR count). The van der Waals surface area contributed by atoms with Crippen LogP contribution in [0, 0.1) is 0 Å². The van der Waals surface area contributed by atoms with Crippen LogP contribution in [-0.2, 0) is 0 Å². The van der Waals surface area contributed by atoms with E-state index in [1.807, 2.05) is 12.1 Å². The minimum atomic E-state index is 0.849. The predicted molar refractivity (Wildman–Crippen MR) is 285 cm³/mol. The average Bonchev–Trinajstić information content (AvgIpc) is 4.15. The maximum atomic E-state index is 6.20. The van der Waals surface area contributed by atoms with E-state index < -0.39 is 0 Å². The first kappa shape index (κ1) is 38.4. The van der Waals surface area contributed by atoms with Crippen LogP contribution in [0.2, 0.25) is 0 Å². The van der Waals surface area contributed by atoms with Gasteiger partial charge in [-0.05, 0) is 128 Å². The maximum Gasteiger partial charge on any atom is 0.135 e. The van der Waals surface area contributed by atoms with Gasteiger partial charge in [-0.1, -0.05) is 152 Å². The van der Waals surface area contributed by atoms with Crippen LogP contribution in [-0.4, -0.2) is 13.3 Å². The summed E-state index contributed by atoms with van der Waals surface area (Å²) in [5.41, 5.74) is 16.7. The molecular weight excluding hydrogens is 849 g/mol. The Morgan fingerprint density at radius 3 is 1.72 bits per heavy atom. The molecule has 0 unspecified atom stereocenters. The van der Waals surface area contributed by atoms with Gasteiger partial charge in [-0.15, -0.1) is 0 Å². The van der Waals surface area contributed by atoms with Crippen LogP contribution in [0.15, 0.2) is 235 Å². The average molecular weight is 887 g/mol. The Balaban J connectivity index is 0.889. The van der Waals surface area contributed by atoms with Crippen LogP contribution in [0.4, 0.5) is 17.1 Å². The van der Waals surface area contributed by atoms with Gasteiger partial charge in [-0.3, -0.25) is 0 Å². The zero-order valence-corrected chi connectivity index (χ0v) is 37.4. The summed E-state index contributed by atoms with van der Waals surface area (Å²) in [4.78, 5) is 2.32.